The molecule has 0 bridgehead atoms. The van der Waals surface area contributed by atoms with Gasteiger partial charge in [-0.1, -0.05) is 6.07 Å². The maximum absolute atomic E-state index is 12.5. The average molecular weight is 302 g/mol. The van der Waals surface area contributed by atoms with Gasteiger partial charge in [-0.15, -0.1) is 0 Å². The van der Waals surface area contributed by atoms with E-state index in [4.69, 9.17) is 5.11 Å². The van der Waals surface area contributed by atoms with Gasteiger partial charge in [-0.25, -0.2) is 8.42 Å². The van der Waals surface area contributed by atoms with E-state index in [1.807, 2.05) is 0 Å². The minimum absolute atomic E-state index is 0.113. The van der Waals surface area contributed by atoms with Crippen LogP contribution in [0.5, 0.6) is 0 Å². The maximum atomic E-state index is 12.5. The van der Waals surface area contributed by atoms with E-state index in [9.17, 15) is 18.5 Å². The molecule has 20 heavy (non-hydrogen) atoms. The molecule has 0 aliphatic heterocycles. The Morgan fingerprint density at radius 2 is 2.05 bits per heavy atom. The normalized spacial score (nSPS) is 12.1. The van der Waals surface area contributed by atoms with Gasteiger partial charge in [0, 0.05) is 31.3 Å². The van der Waals surface area contributed by atoms with Crippen LogP contribution < -0.4 is 0 Å². The van der Waals surface area contributed by atoms with E-state index < -0.39 is 14.9 Å². The highest BCUT2D eigenvalue weighted by atomic mass is 32.2. The van der Waals surface area contributed by atoms with E-state index in [0.29, 0.717) is 6.42 Å². The maximum Gasteiger partial charge on any atom is 0.270 e. The van der Waals surface area contributed by atoms with Crippen molar-refractivity contribution in [3.05, 3.63) is 34.4 Å². The van der Waals surface area contributed by atoms with Gasteiger partial charge in [0.2, 0.25) is 10.0 Å². The zero-order valence-corrected chi connectivity index (χ0v) is 12.2. The molecule has 0 amide bonds. The second-order valence-corrected chi connectivity index (χ2v) is 6.43. The first kappa shape index (κ1) is 16.5. The lowest BCUT2D eigenvalue weighted by Gasteiger charge is -2.25. The molecule has 1 aromatic carbocycles. The van der Waals surface area contributed by atoms with E-state index >= 15 is 0 Å². The molecule has 0 aliphatic rings. The van der Waals surface area contributed by atoms with E-state index in [0.717, 1.165) is 6.07 Å². The minimum Gasteiger partial charge on any atom is -0.396 e. The fourth-order valence-electron chi connectivity index (χ4n) is 1.78. The summed E-state index contributed by atoms with van der Waals surface area (Å²) in [5, 5.41) is 19.6. The molecule has 7 nitrogen and oxygen atoms in total. The van der Waals surface area contributed by atoms with E-state index in [1.54, 1.807) is 13.8 Å². The second-order valence-electron chi connectivity index (χ2n) is 4.54. The summed E-state index contributed by atoms with van der Waals surface area (Å²) in [5.41, 5.74) is -0.267. The number of aliphatic hydroxyl groups excluding tert-OH is 1. The van der Waals surface area contributed by atoms with Crippen molar-refractivity contribution in [1.82, 2.24) is 4.31 Å². The quantitative estimate of drug-likeness (QED) is 0.605. The molecule has 1 aromatic rings. The predicted octanol–water partition coefficient (Wildman–Crippen LogP) is 1.38. The number of rotatable bonds is 7. The number of hydrogen-bond acceptors (Lipinski definition) is 5. The van der Waals surface area contributed by atoms with E-state index in [1.165, 1.54) is 22.5 Å². The zero-order chi connectivity index (χ0) is 15.3. The first-order chi connectivity index (χ1) is 9.30. The monoisotopic (exact) mass is 302 g/mol. The first-order valence-electron chi connectivity index (χ1n) is 6.18. The van der Waals surface area contributed by atoms with Gasteiger partial charge >= 0.3 is 0 Å². The Hall–Kier alpha value is -1.51. The Morgan fingerprint density at radius 1 is 1.40 bits per heavy atom. The second kappa shape index (κ2) is 6.78. The molecule has 8 heteroatoms. The number of hydrogen-bond donors (Lipinski definition) is 1. The van der Waals surface area contributed by atoms with Gasteiger partial charge in [0.15, 0.2) is 0 Å². The largest absolute Gasteiger partial charge is 0.396 e. The van der Waals surface area contributed by atoms with Gasteiger partial charge < -0.3 is 5.11 Å². The molecule has 0 heterocycles. The molecule has 112 valence electrons. The summed E-state index contributed by atoms with van der Waals surface area (Å²) in [6.45, 7) is 3.48. The van der Waals surface area contributed by atoms with Gasteiger partial charge in [0.1, 0.15) is 0 Å². The van der Waals surface area contributed by atoms with Crippen LogP contribution in [0.3, 0.4) is 0 Å². The predicted molar refractivity (Wildman–Crippen MR) is 73.8 cm³/mol. The summed E-state index contributed by atoms with van der Waals surface area (Å²) >= 11 is 0. The van der Waals surface area contributed by atoms with Crippen LogP contribution in [0.1, 0.15) is 20.3 Å². The summed E-state index contributed by atoms with van der Waals surface area (Å²) in [7, 11) is -3.81. The smallest absolute Gasteiger partial charge is 0.270 e. The topological polar surface area (TPSA) is 101 Å². The van der Waals surface area contributed by atoms with Crippen molar-refractivity contribution in [1.29, 1.82) is 0 Å². The molecule has 0 aromatic heterocycles. The lowest BCUT2D eigenvalue weighted by molar-refractivity contribution is -0.385. The fraction of sp³-hybridized carbons (Fsp3) is 0.500. The van der Waals surface area contributed by atoms with Crippen molar-refractivity contribution in [2.75, 3.05) is 13.2 Å². The van der Waals surface area contributed by atoms with Crippen LogP contribution in [0.2, 0.25) is 0 Å². The molecule has 0 saturated heterocycles. The molecular formula is C12H18N2O5S. The lowest BCUT2D eigenvalue weighted by atomic mass is 10.3. The number of benzene rings is 1. The van der Waals surface area contributed by atoms with Crippen molar-refractivity contribution in [2.24, 2.45) is 0 Å². The lowest BCUT2D eigenvalue weighted by Crippen LogP contribution is -2.38. The van der Waals surface area contributed by atoms with Crippen LogP contribution in [0, 0.1) is 10.1 Å². The van der Waals surface area contributed by atoms with Crippen LogP contribution in [0.15, 0.2) is 29.2 Å². The summed E-state index contributed by atoms with van der Waals surface area (Å²) < 4.78 is 26.2. The summed E-state index contributed by atoms with van der Waals surface area (Å²) in [5.74, 6) is 0. The Bertz CT molecular complexity index is 571. The Morgan fingerprint density at radius 3 is 2.55 bits per heavy atom. The van der Waals surface area contributed by atoms with Crippen molar-refractivity contribution in [3.63, 3.8) is 0 Å². The van der Waals surface area contributed by atoms with Crippen LogP contribution >= 0.6 is 0 Å². The SMILES string of the molecule is CC(C)N(CCCO)S(=O)(=O)c1cccc([N+](=O)[O-])c1. The van der Waals surface area contributed by atoms with Crippen LogP contribution in [-0.2, 0) is 10.0 Å². The molecule has 0 aliphatic carbocycles. The third kappa shape index (κ3) is 3.75. The molecular weight excluding hydrogens is 284 g/mol. The highest BCUT2D eigenvalue weighted by molar-refractivity contribution is 7.89. The molecule has 0 saturated carbocycles. The molecule has 0 radical (unpaired) electrons. The summed E-state index contributed by atoms with van der Waals surface area (Å²) in [4.78, 5) is 9.97. The zero-order valence-electron chi connectivity index (χ0n) is 11.4. The van der Waals surface area contributed by atoms with Crippen molar-refractivity contribution in [2.45, 2.75) is 31.2 Å². The number of nitro groups is 1. The Labute approximate surface area is 118 Å². The minimum atomic E-state index is -3.81. The van der Waals surface area contributed by atoms with Gasteiger partial charge in [-0.2, -0.15) is 4.31 Å². The standard InChI is InChI=1S/C12H18N2O5S/c1-10(2)13(7-4-8-15)20(18,19)12-6-3-5-11(9-12)14(16)17/h3,5-6,9-10,15H,4,7-8H2,1-2H3. The third-order valence-corrected chi connectivity index (χ3v) is 4.82. The van der Waals surface area contributed by atoms with Gasteiger partial charge in [-0.3, -0.25) is 10.1 Å². The molecule has 0 unspecified atom stereocenters. The average Bonchev–Trinajstić information content (AvgIpc) is 2.38. The number of aliphatic hydroxyl groups is 1. The summed E-state index contributed by atoms with van der Waals surface area (Å²) in [6.07, 6.45) is 0.312. The van der Waals surface area contributed by atoms with Gasteiger partial charge in [0.25, 0.3) is 5.69 Å². The molecule has 0 spiro atoms. The molecule has 1 N–H and O–H groups in total. The fourth-order valence-corrected chi connectivity index (χ4v) is 3.49. The van der Waals surface area contributed by atoms with E-state index in [-0.39, 0.29) is 29.8 Å². The first-order valence-corrected chi connectivity index (χ1v) is 7.62. The number of nitro benzene ring substituents is 1. The number of nitrogens with zero attached hydrogens (tertiary/aromatic N) is 2. The van der Waals surface area contributed by atoms with E-state index in [2.05, 4.69) is 0 Å². The van der Waals surface area contributed by atoms with Crippen LogP contribution in [-0.4, -0.2) is 41.9 Å². The van der Waals surface area contributed by atoms with Gasteiger partial charge in [0.05, 0.1) is 9.82 Å². The Kier molecular flexibility index (Phi) is 5.61. The number of non-ortho nitro benzene ring substituents is 1. The highest BCUT2D eigenvalue weighted by Crippen LogP contribution is 2.22. The molecule has 0 atom stereocenters. The van der Waals surface area contributed by atoms with Gasteiger partial charge in [-0.05, 0) is 26.3 Å². The van der Waals surface area contributed by atoms with Crippen molar-refractivity contribution < 1.29 is 18.4 Å². The van der Waals surface area contributed by atoms with Crippen LogP contribution in [0.4, 0.5) is 5.69 Å². The third-order valence-electron chi connectivity index (χ3n) is 2.75. The van der Waals surface area contributed by atoms with Crippen molar-refractivity contribution >= 4 is 15.7 Å². The van der Waals surface area contributed by atoms with Crippen molar-refractivity contribution in [3.8, 4) is 0 Å². The summed E-state index contributed by atoms with van der Waals surface area (Å²) in [6, 6.07) is 4.66. The highest BCUT2D eigenvalue weighted by Gasteiger charge is 2.27. The molecule has 0 fully saturated rings. The molecule has 1 rings (SSSR count). The number of sulfonamides is 1. The van der Waals surface area contributed by atoms with Crippen LogP contribution in [0.25, 0.3) is 0 Å². The Balaban J connectivity index is 3.19.